The smallest absolute Gasteiger partial charge is 0.322 e. The number of hydrogen-bond donors (Lipinski definition) is 3. The highest BCUT2D eigenvalue weighted by molar-refractivity contribution is 9.10. The molecule has 0 amide bonds. The van der Waals surface area contributed by atoms with Crippen LogP contribution in [0.3, 0.4) is 0 Å². The van der Waals surface area contributed by atoms with Gasteiger partial charge in [0.2, 0.25) is 11.3 Å². The van der Waals surface area contributed by atoms with Gasteiger partial charge in [0.1, 0.15) is 6.04 Å². The van der Waals surface area contributed by atoms with E-state index in [4.69, 9.17) is 10.2 Å². The number of aliphatic carboxylic acids is 1. The lowest BCUT2D eigenvalue weighted by Gasteiger charge is -2.20. The van der Waals surface area contributed by atoms with Crippen molar-refractivity contribution in [2.24, 2.45) is 0 Å². The molecular weight excluding hydrogens is 396 g/mol. The summed E-state index contributed by atoms with van der Waals surface area (Å²) in [6.45, 7) is 5.53. The van der Waals surface area contributed by atoms with Crippen LogP contribution in [0, 0.1) is 6.92 Å². The standard InChI is InChI=1S/C16H17BrN2O4S/c1-6-4-7-10(20)9(13(18)23-11(7)8(17)5-6)14-19-12(15(21)22)16(2,3)24-14/h4-5,12,14,19H,18H2,1-3H3,(H,21,22). The maximum atomic E-state index is 13.0. The minimum Gasteiger partial charge on any atom is -0.480 e. The molecule has 3 rings (SSSR count). The quantitative estimate of drug-likeness (QED) is 0.695. The number of thioether (sulfide) groups is 1. The number of benzene rings is 1. The summed E-state index contributed by atoms with van der Waals surface area (Å²) < 4.78 is 5.74. The van der Waals surface area contributed by atoms with E-state index in [1.807, 2.05) is 26.8 Å². The van der Waals surface area contributed by atoms with Crippen molar-refractivity contribution in [3.8, 4) is 0 Å². The van der Waals surface area contributed by atoms with E-state index in [2.05, 4.69) is 21.2 Å². The first-order valence-corrected chi connectivity index (χ1v) is 8.98. The normalized spacial score (nSPS) is 22.8. The van der Waals surface area contributed by atoms with Crippen LogP contribution in [-0.2, 0) is 4.79 Å². The van der Waals surface area contributed by atoms with Gasteiger partial charge in [-0.1, -0.05) is 0 Å². The summed E-state index contributed by atoms with van der Waals surface area (Å²) in [5.74, 6) is -0.957. The average Bonchev–Trinajstić information content (AvgIpc) is 2.76. The highest BCUT2D eigenvalue weighted by Gasteiger charge is 2.47. The Bertz CT molecular complexity index is 909. The molecule has 8 heteroatoms. The minimum absolute atomic E-state index is 0.00360. The number of anilines is 1. The van der Waals surface area contributed by atoms with E-state index in [1.54, 1.807) is 6.07 Å². The van der Waals surface area contributed by atoms with Gasteiger partial charge < -0.3 is 15.3 Å². The molecule has 6 nitrogen and oxygen atoms in total. The molecule has 0 bridgehead atoms. The third kappa shape index (κ3) is 2.72. The number of halogens is 1. The van der Waals surface area contributed by atoms with Gasteiger partial charge in [0.05, 0.1) is 20.8 Å². The molecule has 0 saturated carbocycles. The van der Waals surface area contributed by atoms with E-state index in [9.17, 15) is 14.7 Å². The van der Waals surface area contributed by atoms with Crippen LogP contribution in [0.15, 0.2) is 25.8 Å². The summed E-state index contributed by atoms with van der Waals surface area (Å²) in [6.07, 6.45) is 0. The number of hydrogen-bond acceptors (Lipinski definition) is 6. The number of nitrogens with two attached hydrogens (primary N) is 1. The minimum atomic E-state index is -0.961. The monoisotopic (exact) mass is 412 g/mol. The summed E-state index contributed by atoms with van der Waals surface area (Å²) in [6, 6.07) is 2.80. The van der Waals surface area contributed by atoms with Crippen molar-refractivity contribution in [3.63, 3.8) is 0 Å². The molecule has 2 aromatic rings. The molecule has 2 atom stereocenters. The molecule has 24 heavy (non-hydrogen) atoms. The largest absolute Gasteiger partial charge is 0.480 e. The number of carboxylic acid groups (broad SMARTS) is 1. The Kier molecular flexibility index (Phi) is 4.17. The molecule has 1 fully saturated rings. The van der Waals surface area contributed by atoms with Crippen LogP contribution in [0.2, 0.25) is 0 Å². The molecule has 2 unspecified atom stereocenters. The highest BCUT2D eigenvalue weighted by Crippen LogP contribution is 2.46. The van der Waals surface area contributed by atoms with Gasteiger partial charge in [-0.05, 0) is 54.4 Å². The van der Waals surface area contributed by atoms with Crippen molar-refractivity contribution in [2.45, 2.75) is 36.9 Å². The first kappa shape index (κ1) is 17.3. The predicted octanol–water partition coefficient (Wildman–Crippen LogP) is 3.01. The van der Waals surface area contributed by atoms with E-state index in [1.165, 1.54) is 11.8 Å². The number of nitrogen functional groups attached to an aromatic ring is 1. The third-order valence-electron chi connectivity index (χ3n) is 4.10. The zero-order valence-electron chi connectivity index (χ0n) is 13.3. The Morgan fingerprint density at radius 2 is 2.12 bits per heavy atom. The number of carboxylic acids is 1. The van der Waals surface area contributed by atoms with Crippen LogP contribution < -0.4 is 16.5 Å². The van der Waals surface area contributed by atoms with Crippen molar-refractivity contribution in [1.82, 2.24) is 5.32 Å². The van der Waals surface area contributed by atoms with Gasteiger partial charge in [-0.25, -0.2) is 0 Å². The lowest BCUT2D eigenvalue weighted by molar-refractivity contribution is -0.139. The molecule has 0 spiro atoms. The van der Waals surface area contributed by atoms with Gasteiger partial charge in [0.25, 0.3) is 0 Å². The summed E-state index contributed by atoms with van der Waals surface area (Å²) in [5, 5.41) is 12.2. The molecule has 0 radical (unpaired) electrons. The van der Waals surface area contributed by atoms with Crippen LogP contribution in [0.25, 0.3) is 11.0 Å². The number of aryl methyl sites for hydroxylation is 1. The second-order valence-corrected chi connectivity index (χ2v) is 8.99. The van der Waals surface area contributed by atoms with Gasteiger partial charge in [0, 0.05) is 4.75 Å². The number of rotatable bonds is 2. The molecule has 1 aliphatic heterocycles. The lowest BCUT2D eigenvalue weighted by Crippen LogP contribution is -2.44. The average molecular weight is 413 g/mol. The number of carbonyl (C=O) groups is 1. The second-order valence-electron chi connectivity index (χ2n) is 6.37. The summed E-state index contributed by atoms with van der Waals surface area (Å²) in [7, 11) is 0. The summed E-state index contributed by atoms with van der Waals surface area (Å²) in [4.78, 5) is 24.4. The van der Waals surface area contributed by atoms with E-state index in [0.29, 0.717) is 15.4 Å². The first-order chi connectivity index (χ1) is 11.1. The number of fused-ring (bicyclic) bond motifs is 1. The molecule has 1 aliphatic rings. The fourth-order valence-electron chi connectivity index (χ4n) is 2.94. The zero-order valence-corrected chi connectivity index (χ0v) is 15.7. The van der Waals surface area contributed by atoms with Crippen molar-refractivity contribution >= 4 is 50.5 Å². The van der Waals surface area contributed by atoms with Crippen molar-refractivity contribution in [3.05, 3.63) is 38.0 Å². The molecule has 1 saturated heterocycles. The van der Waals surface area contributed by atoms with E-state index in [0.717, 1.165) is 5.56 Å². The van der Waals surface area contributed by atoms with Crippen molar-refractivity contribution < 1.29 is 14.3 Å². The molecule has 4 N–H and O–H groups in total. The van der Waals surface area contributed by atoms with Gasteiger partial charge in [-0.2, -0.15) is 0 Å². The predicted molar refractivity (Wildman–Crippen MR) is 98.3 cm³/mol. The van der Waals surface area contributed by atoms with E-state index >= 15 is 0 Å². The van der Waals surface area contributed by atoms with E-state index < -0.39 is 22.1 Å². The van der Waals surface area contributed by atoms with Crippen molar-refractivity contribution in [1.29, 1.82) is 0 Å². The van der Waals surface area contributed by atoms with Gasteiger partial charge >= 0.3 is 5.97 Å². The first-order valence-electron chi connectivity index (χ1n) is 7.31. The highest BCUT2D eigenvalue weighted by atomic mass is 79.9. The molecule has 1 aromatic heterocycles. The van der Waals surface area contributed by atoms with Crippen LogP contribution in [-0.4, -0.2) is 21.9 Å². The Hall–Kier alpha value is -1.51. The van der Waals surface area contributed by atoms with Crippen LogP contribution >= 0.6 is 27.7 Å². The zero-order chi connectivity index (χ0) is 17.8. The van der Waals surface area contributed by atoms with Crippen LogP contribution in [0.1, 0.15) is 30.3 Å². The Balaban J connectivity index is 2.18. The molecule has 1 aromatic carbocycles. The van der Waals surface area contributed by atoms with Gasteiger partial charge in [-0.15, -0.1) is 11.8 Å². The van der Waals surface area contributed by atoms with Crippen LogP contribution in [0.4, 0.5) is 5.88 Å². The third-order valence-corrected chi connectivity index (χ3v) is 6.14. The Morgan fingerprint density at radius 3 is 2.71 bits per heavy atom. The van der Waals surface area contributed by atoms with E-state index in [-0.39, 0.29) is 16.9 Å². The second kappa shape index (κ2) is 5.79. The molecule has 2 heterocycles. The Morgan fingerprint density at radius 1 is 1.46 bits per heavy atom. The lowest BCUT2D eigenvalue weighted by atomic mass is 10.0. The summed E-state index contributed by atoms with van der Waals surface area (Å²) >= 11 is 4.74. The topological polar surface area (TPSA) is 106 Å². The molecule has 0 aliphatic carbocycles. The maximum Gasteiger partial charge on any atom is 0.322 e. The maximum absolute atomic E-state index is 13.0. The van der Waals surface area contributed by atoms with Crippen molar-refractivity contribution in [2.75, 3.05) is 5.73 Å². The summed E-state index contributed by atoms with van der Waals surface area (Å²) in [5.41, 5.74) is 7.32. The fraction of sp³-hybridized carbons (Fsp3) is 0.375. The number of nitrogens with one attached hydrogen (secondary N) is 1. The van der Waals surface area contributed by atoms with Crippen LogP contribution in [0.5, 0.6) is 0 Å². The molecule has 128 valence electrons. The molecular formula is C16H17BrN2O4S. The fourth-order valence-corrected chi connectivity index (χ4v) is 5.05. The SMILES string of the molecule is Cc1cc(Br)c2oc(N)c(C3NC(C(=O)O)C(C)(C)S3)c(=O)c2c1. The Labute approximate surface area is 150 Å². The van der Waals surface area contributed by atoms with Gasteiger partial charge in [0.15, 0.2) is 5.58 Å². The van der Waals surface area contributed by atoms with Gasteiger partial charge in [-0.3, -0.25) is 14.9 Å².